The Morgan fingerprint density at radius 3 is 2.66 bits per heavy atom. The maximum Gasteiger partial charge on any atom is 0.255 e. The van der Waals surface area contributed by atoms with Gasteiger partial charge in [0.05, 0.1) is 23.3 Å². The van der Waals surface area contributed by atoms with Crippen LogP contribution in [-0.4, -0.2) is 10.9 Å². The maximum atomic E-state index is 12.9. The van der Waals surface area contributed by atoms with E-state index in [1.807, 2.05) is 49.5 Å². The SMILES string of the molecule is CC=Cc1ncc(NC(=O)C2=CC=CC=CC=C2)c(C(CC)CCCCC)c1N. The molecule has 1 aromatic rings. The van der Waals surface area contributed by atoms with Crippen LogP contribution < -0.4 is 11.1 Å². The fourth-order valence-corrected chi connectivity index (χ4v) is 3.49. The highest BCUT2D eigenvalue weighted by Crippen LogP contribution is 2.37. The molecule has 0 fully saturated rings. The number of pyridine rings is 1. The molecule has 0 saturated carbocycles. The average molecular weight is 392 g/mol. The molecule has 0 spiro atoms. The molecule has 154 valence electrons. The van der Waals surface area contributed by atoms with Crippen LogP contribution in [0, 0.1) is 0 Å². The number of hydrogen-bond acceptors (Lipinski definition) is 3. The van der Waals surface area contributed by atoms with Gasteiger partial charge in [0.1, 0.15) is 0 Å². The molecule has 29 heavy (non-hydrogen) atoms. The number of anilines is 2. The summed E-state index contributed by atoms with van der Waals surface area (Å²) in [6.45, 7) is 6.33. The van der Waals surface area contributed by atoms with E-state index >= 15 is 0 Å². The van der Waals surface area contributed by atoms with E-state index in [-0.39, 0.29) is 11.8 Å². The zero-order valence-electron chi connectivity index (χ0n) is 17.8. The normalized spacial score (nSPS) is 14.5. The molecule has 1 atom stereocenters. The summed E-state index contributed by atoms with van der Waals surface area (Å²) < 4.78 is 0. The molecule has 1 unspecified atom stereocenters. The highest BCUT2D eigenvalue weighted by atomic mass is 16.1. The predicted octanol–water partition coefficient (Wildman–Crippen LogP) is 6.32. The van der Waals surface area contributed by atoms with E-state index in [4.69, 9.17) is 5.73 Å². The molecule has 1 aromatic heterocycles. The van der Waals surface area contributed by atoms with Gasteiger partial charge in [0.15, 0.2) is 0 Å². The monoisotopic (exact) mass is 391 g/mol. The Bertz CT molecular complexity index is 844. The van der Waals surface area contributed by atoms with Crippen LogP contribution in [0.2, 0.25) is 0 Å². The van der Waals surface area contributed by atoms with Gasteiger partial charge < -0.3 is 11.1 Å². The van der Waals surface area contributed by atoms with Crippen molar-refractivity contribution in [2.24, 2.45) is 0 Å². The number of aromatic nitrogens is 1. The van der Waals surface area contributed by atoms with Gasteiger partial charge in [-0.1, -0.05) is 69.6 Å². The minimum Gasteiger partial charge on any atom is -0.397 e. The molecule has 0 aliphatic heterocycles. The zero-order chi connectivity index (χ0) is 21.1. The number of unbranched alkanes of at least 4 members (excludes halogenated alkanes) is 2. The Morgan fingerprint density at radius 2 is 1.93 bits per heavy atom. The average Bonchev–Trinajstić information content (AvgIpc) is 2.68. The summed E-state index contributed by atoms with van der Waals surface area (Å²) >= 11 is 0. The topological polar surface area (TPSA) is 68.0 Å². The standard InChI is InChI=1S/C25H33N3O/c1-4-7-11-15-19(6-3)23-22(18-27-21(14-5-2)24(23)26)28-25(29)20-16-12-9-8-10-13-17-20/h5,8-10,12-14,16-19H,4,6-7,11,15,26H2,1-3H3,(H,28,29). The van der Waals surface area contributed by atoms with Crippen molar-refractivity contribution in [2.75, 3.05) is 11.1 Å². The molecule has 3 N–H and O–H groups in total. The highest BCUT2D eigenvalue weighted by molar-refractivity contribution is 6.06. The smallest absolute Gasteiger partial charge is 0.255 e. The molecule has 1 aliphatic rings. The second-order valence-electron chi connectivity index (χ2n) is 7.19. The molecule has 0 saturated heterocycles. The number of nitrogen functional groups attached to an aromatic ring is 1. The Kier molecular flexibility index (Phi) is 9.16. The fourth-order valence-electron chi connectivity index (χ4n) is 3.49. The predicted molar refractivity (Wildman–Crippen MR) is 125 cm³/mol. The number of amides is 1. The molecule has 1 heterocycles. The van der Waals surface area contributed by atoms with Crippen LogP contribution in [0.3, 0.4) is 0 Å². The lowest BCUT2D eigenvalue weighted by Crippen LogP contribution is -2.17. The van der Waals surface area contributed by atoms with Gasteiger partial charge in [0.2, 0.25) is 0 Å². The largest absolute Gasteiger partial charge is 0.397 e. The fraction of sp³-hybridized carbons (Fsp3) is 0.360. The van der Waals surface area contributed by atoms with Crippen LogP contribution in [0.25, 0.3) is 6.08 Å². The number of nitrogens with two attached hydrogens (primary N) is 1. The van der Waals surface area contributed by atoms with Crippen LogP contribution in [0.4, 0.5) is 11.4 Å². The van der Waals surface area contributed by atoms with Crippen molar-refractivity contribution in [1.82, 2.24) is 4.98 Å². The molecule has 0 radical (unpaired) electrons. The van der Waals surface area contributed by atoms with Gasteiger partial charge in [0, 0.05) is 11.1 Å². The second kappa shape index (κ2) is 11.8. The van der Waals surface area contributed by atoms with Crippen LogP contribution in [-0.2, 0) is 4.79 Å². The lowest BCUT2D eigenvalue weighted by atomic mass is 9.88. The number of carbonyl (C=O) groups excluding carboxylic acids is 1. The molecule has 0 bridgehead atoms. The lowest BCUT2D eigenvalue weighted by molar-refractivity contribution is -0.112. The molecule has 4 heteroatoms. The van der Waals surface area contributed by atoms with Gasteiger partial charge in [-0.3, -0.25) is 9.78 Å². The molecular weight excluding hydrogens is 358 g/mol. The number of allylic oxidation sites excluding steroid dienone is 7. The van der Waals surface area contributed by atoms with Gasteiger partial charge >= 0.3 is 0 Å². The summed E-state index contributed by atoms with van der Waals surface area (Å²) in [5, 5.41) is 3.06. The van der Waals surface area contributed by atoms with E-state index in [1.54, 1.807) is 18.3 Å². The van der Waals surface area contributed by atoms with Gasteiger partial charge in [-0.25, -0.2) is 0 Å². The first-order valence-corrected chi connectivity index (χ1v) is 10.6. The van der Waals surface area contributed by atoms with Gasteiger partial charge in [-0.2, -0.15) is 0 Å². The number of nitrogens with one attached hydrogen (secondary N) is 1. The van der Waals surface area contributed by atoms with E-state index in [0.29, 0.717) is 16.9 Å². The quantitative estimate of drug-likeness (QED) is 0.484. The third-order valence-electron chi connectivity index (χ3n) is 5.08. The van der Waals surface area contributed by atoms with Crippen molar-refractivity contribution in [3.05, 3.63) is 71.6 Å². The van der Waals surface area contributed by atoms with E-state index in [1.165, 1.54) is 12.8 Å². The molecule has 2 rings (SSSR count). The van der Waals surface area contributed by atoms with Gasteiger partial charge in [0.25, 0.3) is 5.91 Å². The Hall–Kier alpha value is -2.88. The third kappa shape index (κ3) is 6.31. The van der Waals surface area contributed by atoms with Crippen LogP contribution in [0.1, 0.15) is 70.1 Å². The molecule has 4 nitrogen and oxygen atoms in total. The van der Waals surface area contributed by atoms with Crippen molar-refractivity contribution < 1.29 is 4.79 Å². The van der Waals surface area contributed by atoms with Gasteiger partial charge in [-0.05, 0) is 43.9 Å². The summed E-state index contributed by atoms with van der Waals surface area (Å²) in [6, 6.07) is 0. The highest BCUT2D eigenvalue weighted by Gasteiger charge is 2.21. The van der Waals surface area contributed by atoms with Crippen LogP contribution >= 0.6 is 0 Å². The number of hydrogen-bond donors (Lipinski definition) is 2. The van der Waals surface area contributed by atoms with Crippen molar-refractivity contribution in [1.29, 1.82) is 0 Å². The maximum absolute atomic E-state index is 12.9. The first-order chi connectivity index (χ1) is 14.1. The summed E-state index contributed by atoms with van der Waals surface area (Å²) in [5.74, 6) is 0.124. The first-order valence-electron chi connectivity index (χ1n) is 10.6. The Balaban J connectivity index is 2.39. The summed E-state index contributed by atoms with van der Waals surface area (Å²) in [7, 11) is 0. The van der Waals surface area contributed by atoms with E-state index in [2.05, 4.69) is 24.1 Å². The number of rotatable bonds is 9. The molecular formula is C25H33N3O. The Morgan fingerprint density at radius 1 is 1.17 bits per heavy atom. The summed E-state index contributed by atoms with van der Waals surface area (Å²) in [5.41, 5.74) is 10.3. The Labute approximate surface area is 175 Å². The van der Waals surface area contributed by atoms with E-state index < -0.39 is 0 Å². The van der Waals surface area contributed by atoms with Crippen molar-refractivity contribution >= 4 is 23.4 Å². The minimum absolute atomic E-state index is 0.161. The van der Waals surface area contributed by atoms with Crippen molar-refractivity contribution in [2.45, 2.75) is 58.8 Å². The number of carbonyl (C=O) groups is 1. The lowest BCUT2D eigenvalue weighted by Gasteiger charge is -2.22. The minimum atomic E-state index is -0.161. The zero-order valence-corrected chi connectivity index (χ0v) is 17.8. The van der Waals surface area contributed by atoms with Crippen LogP contribution in [0.5, 0.6) is 0 Å². The van der Waals surface area contributed by atoms with Crippen molar-refractivity contribution in [3.8, 4) is 0 Å². The van der Waals surface area contributed by atoms with Crippen molar-refractivity contribution in [3.63, 3.8) is 0 Å². The van der Waals surface area contributed by atoms with Gasteiger partial charge in [-0.15, -0.1) is 0 Å². The second-order valence-corrected chi connectivity index (χ2v) is 7.19. The first kappa shape index (κ1) is 22.4. The van der Waals surface area contributed by atoms with E-state index in [0.717, 1.165) is 30.5 Å². The molecule has 1 amide bonds. The molecule has 1 aliphatic carbocycles. The van der Waals surface area contributed by atoms with E-state index in [9.17, 15) is 4.79 Å². The number of nitrogens with zero attached hydrogens (tertiary/aromatic N) is 1. The van der Waals surface area contributed by atoms with Crippen LogP contribution in [0.15, 0.2) is 60.4 Å². The summed E-state index contributed by atoms with van der Waals surface area (Å²) in [6.07, 6.45) is 24.2. The summed E-state index contributed by atoms with van der Waals surface area (Å²) in [4.78, 5) is 17.4. The molecule has 0 aromatic carbocycles. The third-order valence-corrected chi connectivity index (χ3v) is 5.08.